The summed E-state index contributed by atoms with van der Waals surface area (Å²) in [5.74, 6) is 1.13. The number of hydrogen-bond acceptors (Lipinski definition) is 0. The predicted molar refractivity (Wildman–Crippen MR) is 34.3 cm³/mol. The van der Waals surface area contributed by atoms with Crippen LogP contribution in [0.15, 0.2) is 13.2 Å². The van der Waals surface area contributed by atoms with Crippen molar-refractivity contribution in [1.29, 1.82) is 0 Å². The monoisotopic (exact) mass is 98.1 g/mol. The smallest absolute Gasteiger partial charge is 0.0417 e. The molecule has 1 saturated carbocycles. The topological polar surface area (TPSA) is 0 Å². The molecule has 7 heavy (non-hydrogen) atoms. The zero-order chi connectivity index (χ0) is 5.70. The first kappa shape index (κ1) is 6.74. The fourth-order valence-electron chi connectivity index (χ4n) is 0.526. The van der Waals surface area contributed by atoms with E-state index in [1.54, 1.807) is 0 Å². The van der Waals surface area contributed by atoms with Crippen LogP contribution < -0.4 is 0 Å². The summed E-state index contributed by atoms with van der Waals surface area (Å²) in [5, 5.41) is 0. The van der Waals surface area contributed by atoms with Gasteiger partial charge in [-0.25, -0.2) is 0 Å². The first-order chi connectivity index (χ1) is 3.43. The van der Waals surface area contributed by atoms with Gasteiger partial charge >= 0.3 is 0 Å². The van der Waals surface area contributed by atoms with Gasteiger partial charge in [0, 0.05) is 0 Å². The molecule has 0 bridgehead atoms. The molecule has 0 aromatic heterocycles. The molecule has 0 nitrogen and oxygen atoms in total. The van der Waals surface area contributed by atoms with Crippen LogP contribution in [-0.2, 0) is 0 Å². The Labute approximate surface area is 46.2 Å². The average molecular weight is 98.2 g/mol. The molecule has 0 spiro atoms. The standard InChI is InChI=1S/C5H10.C2H4/c1-2-5-3-4-5;1-2/h5H,2-4H2,1H3;1-2H2. The Morgan fingerprint density at radius 1 is 1.43 bits per heavy atom. The normalized spacial score (nSPS) is 17.3. The van der Waals surface area contributed by atoms with Crippen LogP contribution in [0.1, 0.15) is 26.2 Å². The molecule has 0 aromatic carbocycles. The molecule has 0 atom stereocenters. The first-order valence-corrected chi connectivity index (χ1v) is 2.93. The molecule has 1 aliphatic rings. The van der Waals surface area contributed by atoms with Gasteiger partial charge in [0.2, 0.25) is 0 Å². The minimum Gasteiger partial charge on any atom is -0.106 e. The van der Waals surface area contributed by atoms with E-state index in [4.69, 9.17) is 0 Å². The van der Waals surface area contributed by atoms with Crippen LogP contribution in [-0.4, -0.2) is 0 Å². The summed E-state index contributed by atoms with van der Waals surface area (Å²) in [7, 11) is 0. The highest BCUT2D eigenvalue weighted by Crippen LogP contribution is 2.31. The fourth-order valence-corrected chi connectivity index (χ4v) is 0.526. The Hall–Kier alpha value is -0.260. The second kappa shape index (κ2) is 3.91. The first-order valence-electron chi connectivity index (χ1n) is 2.93. The van der Waals surface area contributed by atoms with E-state index in [1.165, 1.54) is 19.3 Å². The Morgan fingerprint density at radius 2 is 1.86 bits per heavy atom. The zero-order valence-electron chi connectivity index (χ0n) is 5.11. The molecule has 1 fully saturated rings. The van der Waals surface area contributed by atoms with Crippen LogP contribution in [0, 0.1) is 5.92 Å². The Balaban J connectivity index is 0.000000162. The molecule has 0 saturated heterocycles. The maximum Gasteiger partial charge on any atom is -0.0417 e. The summed E-state index contributed by atoms with van der Waals surface area (Å²) in [4.78, 5) is 0. The molecule has 0 aromatic rings. The molecule has 0 heterocycles. The quantitative estimate of drug-likeness (QED) is 0.442. The third kappa shape index (κ3) is 3.57. The number of rotatable bonds is 1. The van der Waals surface area contributed by atoms with Crippen molar-refractivity contribution in [2.75, 3.05) is 0 Å². The summed E-state index contributed by atoms with van der Waals surface area (Å²) >= 11 is 0. The van der Waals surface area contributed by atoms with Crippen molar-refractivity contribution in [1.82, 2.24) is 0 Å². The van der Waals surface area contributed by atoms with E-state index in [2.05, 4.69) is 20.1 Å². The molecule has 0 unspecified atom stereocenters. The number of hydrogen-bond donors (Lipinski definition) is 0. The molecule has 0 N–H and O–H groups in total. The minimum atomic E-state index is 1.13. The zero-order valence-corrected chi connectivity index (χ0v) is 5.11. The van der Waals surface area contributed by atoms with Crippen LogP contribution in [0.5, 0.6) is 0 Å². The van der Waals surface area contributed by atoms with Gasteiger partial charge in [-0.1, -0.05) is 26.2 Å². The third-order valence-electron chi connectivity index (χ3n) is 1.27. The molecule has 0 heteroatoms. The van der Waals surface area contributed by atoms with Crippen LogP contribution in [0.3, 0.4) is 0 Å². The molecular weight excluding hydrogens is 84.1 g/mol. The average Bonchev–Trinajstić information content (AvgIpc) is 2.52. The van der Waals surface area contributed by atoms with E-state index < -0.39 is 0 Å². The third-order valence-corrected chi connectivity index (χ3v) is 1.27. The van der Waals surface area contributed by atoms with Crippen molar-refractivity contribution >= 4 is 0 Å². The van der Waals surface area contributed by atoms with Gasteiger partial charge in [-0.3, -0.25) is 0 Å². The Morgan fingerprint density at radius 3 is 1.86 bits per heavy atom. The van der Waals surface area contributed by atoms with Gasteiger partial charge in [0.05, 0.1) is 0 Å². The highest BCUT2D eigenvalue weighted by atomic mass is 14.2. The van der Waals surface area contributed by atoms with E-state index in [1.807, 2.05) is 0 Å². The van der Waals surface area contributed by atoms with Crippen molar-refractivity contribution < 1.29 is 0 Å². The lowest BCUT2D eigenvalue weighted by Crippen LogP contribution is -1.59. The van der Waals surface area contributed by atoms with E-state index in [0.29, 0.717) is 0 Å². The van der Waals surface area contributed by atoms with E-state index in [0.717, 1.165) is 5.92 Å². The maximum absolute atomic E-state index is 3.00. The summed E-state index contributed by atoms with van der Waals surface area (Å²) in [6.45, 7) is 8.26. The summed E-state index contributed by atoms with van der Waals surface area (Å²) in [5.41, 5.74) is 0. The van der Waals surface area contributed by atoms with Gasteiger partial charge in [-0.2, -0.15) is 0 Å². The second-order valence-electron chi connectivity index (χ2n) is 1.85. The molecule has 42 valence electrons. The highest BCUT2D eigenvalue weighted by molar-refractivity contribution is 4.69. The lowest BCUT2D eigenvalue weighted by atomic mass is 10.3. The van der Waals surface area contributed by atoms with E-state index in [-0.39, 0.29) is 0 Å². The lowest BCUT2D eigenvalue weighted by molar-refractivity contribution is 0.799. The molecule has 0 radical (unpaired) electrons. The molecule has 0 aliphatic heterocycles. The molecular formula is C7H14. The van der Waals surface area contributed by atoms with E-state index in [9.17, 15) is 0 Å². The second-order valence-corrected chi connectivity index (χ2v) is 1.85. The highest BCUT2D eigenvalue weighted by Gasteiger charge is 2.17. The molecule has 1 rings (SSSR count). The van der Waals surface area contributed by atoms with Gasteiger partial charge < -0.3 is 0 Å². The SMILES string of the molecule is C=C.CCC1CC1. The largest absolute Gasteiger partial charge is 0.106 e. The maximum atomic E-state index is 3.00. The fraction of sp³-hybridized carbons (Fsp3) is 0.714. The summed E-state index contributed by atoms with van der Waals surface area (Å²) < 4.78 is 0. The summed E-state index contributed by atoms with van der Waals surface area (Å²) in [6.07, 6.45) is 4.44. The van der Waals surface area contributed by atoms with Crippen molar-refractivity contribution in [3.05, 3.63) is 13.2 Å². The minimum absolute atomic E-state index is 1.13. The predicted octanol–water partition coefficient (Wildman–Crippen LogP) is 2.61. The van der Waals surface area contributed by atoms with Crippen molar-refractivity contribution in [3.63, 3.8) is 0 Å². The van der Waals surface area contributed by atoms with Crippen LogP contribution in [0.25, 0.3) is 0 Å². The van der Waals surface area contributed by atoms with Gasteiger partial charge in [0.1, 0.15) is 0 Å². The Bertz CT molecular complexity index is 35.3. The van der Waals surface area contributed by atoms with Crippen molar-refractivity contribution in [2.45, 2.75) is 26.2 Å². The van der Waals surface area contributed by atoms with Crippen molar-refractivity contribution in [3.8, 4) is 0 Å². The van der Waals surface area contributed by atoms with Gasteiger partial charge in [0.25, 0.3) is 0 Å². The van der Waals surface area contributed by atoms with Gasteiger partial charge in [0.15, 0.2) is 0 Å². The van der Waals surface area contributed by atoms with Crippen LogP contribution in [0.4, 0.5) is 0 Å². The lowest BCUT2D eigenvalue weighted by Gasteiger charge is -1.72. The Kier molecular flexibility index (Phi) is 3.77. The van der Waals surface area contributed by atoms with Gasteiger partial charge in [-0.05, 0) is 5.92 Å². The van der Waals surface area contributed by atoms with Gasteiger partial charge in [-0.15, -0.1) is 13.2 Å². The molecule has 1 aliphatic carbocycles. The van der Waals surface area contributed by atoms with Crippen LogP contribution >= 0.6 is 0 Å². The molecule has 0 amide bonds. The summed E-state index contributed by atoms with van der Waals surface area (Å²) in [6, 6.07) is 0. The van der Waals surface area contributed by atoms with Crippen LogP contribution in [0.2, 0.25) is 0 Å². The van der Waals surface area contributed by atoms with Crippen molar-refractivity contribution in [2.24, 2.45) is 5.92 Å². The van der Waals surface area contributed by atoms with E-state index >= 15 is 0 Å².